The Hall–Kier alpha value is -1.95. The predicted octanol–water partition coefficient (Wildman–Crippen LogP) is 2.99. The van der Waals surface area contributed by atoms with E-state index in [9.17, 15) is 13.6 Å². The van der Waals surface area contributed by atoms with Crippen LogP contribution < -0.4 is 10.1 Å². The minimum Gasteiger partial charge on any atom is -0.496 e. The summed E-state index contributed by atoms with van der Waals surface area (Å²) >= 11 is -1.66. The van der Waals surface area contributed by atoms with Crippen LogP contribution >= 0.6 is 20.7 Å². The SMILES string of the molecule is C=IC(F)(F)c1nc(-c2ccc(CNC(=O)C3CCCO3)c(OC)c2)no1. The lowest BCUT2D eigenvalue weighted by atomic mass is 10.1. The molecular weight excluding hydrogens is 475 g/mol. The molecule has 0 radical (unpaired) electrons. The third kappa shape index (κ3) is 4.49. The summed E-state index contributed by atoms with van der Waals surface area (Å²) in [5.41, 5.74) is 1.19. The van der Waals surface area contributed by atoms with E-state index in [4.69, 9.17) is 9.47 Å². The third-order valence-corrected chi connectivity index (χ3v) is 5.48. The van der Waals surface area contributed by atoms with Gasteiger partial charge in [0.25, 0.3) is 0 Å². The number of carbonyl (C=O) groups is 1. The molecule has 146 valence electrons. The molecule has 0 saturated carbocycles. The number of amides is 1. The first-order valence-corrected chi connectivity index (χ1v) is 10.7. The molecule has 1 aromatic carbocycles. The van der Waals surface area contributed by atoms with Crippen molar-refractivity contribution >= 4 is 31.2 Å². The molecule has 3 rings (SSSR count). The van der Waals surface area contributed by atoms with Crippen molar-refractivity contribution in [2.24, 2.45) is 0 Å². The highest BCUT2D eigenvalue weighted by molar-refractivity contribution is 14.2. The van der Waals surface area contributed by atoms with Crippen LogP contribution in [0.25, 0.3) is 11.4 Å². The van der Waals surface area contributed by atoms with Gasteiger partial charge in [-0.15, -0.1) is 0 Å². The molecule has 1 saturated heterocycles. The summed E-state index contributed by atoms with van der Waals surface area (Å²) in [6, 6.07) is 4.98. The summed E-state index contributed by atoms with van der Waals surface area (Å²) < 4.78 is 42.8. The van der Waals surface area contributed by atoms with Crippen LogP contribution in [0.5, 0.6) is 5.75 Å². The number of aromatic nitrogens is 2. The predicted molar refractivity (Wildman–Crippen MR) is 102 cm³/mol. The zero-order valence-corrected chi connectivity index (χ0v) is 16.7. The molecule has 10 heteroatoms. The molecule has 2 heterocycles. The van der Waals surface area contributed by atoms with Crippen molar-refractivity contribution in [2.75, 3.05) is 13.7 Å². The molecule has 1 atom stereocenters. The van der Waals surface area contributed by atoms with Gasteiger partial charge < -0.3 is 19.3 Å². The van der Waals surface area contributed by atoms with E-state index in [1.165, 1.54) is 7.11 Å². The van der Waals surface area contributed by atoms with Gasteiger partial charge in [-0.3, -0.25) is 4.79 Å². The fourth-order valence-corrected chi connectivity index (χ4v) is 3.17. The zero-order valence-electron chi connectivity index (χ0n) is 14.5. The summed E-state index contributed by atoms with van der Waals surface area (Å²) in [7, 11) is 1.48. The van der Waals surface area contributed by atoms with Gasteiger partial charge >= 0.3 is 9.82 Å². The summed E-state index contributed by atoms with van der Waals surface area (Å²) in [4.78, 5) is 15.8. The molecule has 1 aliphatic rings. The Morgan fingerprint density at radius 1 is 1.52 bits per heavy atom. The van der Waals surface area contributed by atoms with Crippen LogP contribution in [0.15, 0.2) is 22.7 Å². The van der Waals surface area contributed by atoms with Crippen LogP contribution in [0.3, 0.4) is 0 Å². The number of nitrogens with one attached hydrogen (secondary N) is 1. The maximum absolute atomic E-state index is 13.6. The number of rotatable bonds is 7. The number of nitrogens with zero attached hydrogens (tertiary/aromatic N) is 2. The van der Waals surface area contributed by atoms with E-state index in [0.29, 0.717) is 24.3 Å². The van der Waals surface area contributed by atoms with E-state index >= 15 is 0 Å². The Bertz CT molecular complexity index is 837. The first-order valence-electron chi connectivity index (χ1n) is 8.12. The number of hydrogen-bond acceptors (Lipinski definition) is 6. The summed E-state index contributed by atoms with van der Waals surface area (Å²) in [6.07, 6.45) is 1.17. The average molecular weight is 493 g/mol. The van der Waals surface area contributed by atoms with Crippen molar-refractivity contribution in [1.82, 2.24) is 15.5 Å². The molecule has 27 heavy (non-hydrogen) atoms. The molecule has 7 nitrogen and oxygen atoms in total. The van der Waals surface area contributed by atoms with Crippen LogP contribution in [0.2, 0.25) is 0 Å². The quantitative estimate of drug-likeness (QED) is 0.472. The van der Waals surface area contributed by atoms with Gasteiger partial charge in [-0.05, 0) is 39.6 Å². The fourth-order valence-electron chi connectivity index (χ4n) is 2.62. The number of benzene rings is 1. The lowest BCUT2D eigenvalue weighted by Crippen LogP contribution is -2.33. The van der Waals surface area contributed by atoms with Crippen molar-refractivity contribution in [1.29, 1.82) is 0 Å². The molecule has 1 N–H and O–H groups in total. The maximum atomic E-state index is 13.6. The van der Waals surface area contributed by atoms with Gasteiger partial charge in [0, 0.05) is 24.3 Å². The van der Waals surface area contributed by atoms with Gasteiger partial charge in [-0.1, -0.05) is 21.8 Å². The lowest BCUT2D eigenvalue weighted by Gasteiger charge is -2.13. The van der Waals surface area contributed by atoms with Crippen LogP contribution in [-0.4, -0.2) is 40.4 Å². The first kappa shape index (κ1) is 19.8. The zero-order chi connectivity index (χ0) is 19.4. The summed E-state index contributed by atoms with van der Waals surface area (Å²) in [5, 5.41) is 6.42. The van der Waals surface area contributed by atoms with Gasteiger partial charge in [0.05, 0.1) is 7.11 Å². The molecule has 0 bridgehead atoms. The number of halogens is 3. The van der Waals surface area contributed by atoms with Crippen LogP contribution in [0.1, 0.15) is 24.3 Å². The van der Waals surface area contributed by atoms with Crippen molar-refractivity contribution in [2.45, 2.75) is 29.4 Å². The number of methoxy groups -OCH3 is 1. The van der Waals surface area contributed by atoms with Gasteiger partial charge in [0.2, 0.25) is 11.7 Å². The topological polar surface area (TPSA) is 86.5 Å². The molecule has 1 amide bonds. The maximum Gasteiger partial charge on any atom is 0.367 e. The normalized spacial score (nSPS) is 17.1. The number of alkyl halides is 3. The molecule has 1 unspecified atom stereocenters. The highest BCUT2D eigenvalue weighted by atomic mass is 127. The number of ether oxygens (including phenoxy) is 2. The van der Waals surface area contributed by atoms with E-state index < -0.39 is 36.7 Å². The molecule has 1 fully saturated rings. The first-order chi connectivity index (χ1) is 12.9. The van der Waals surface area contributed by atoms with E-state index in [0.717, 1.165) is 12.0 Å². The molecule has 0 spiro atoms. The standard InChI is InChI=1S/C17H18F2IN3O4/c1-20-17(18,19)16-22-14(23-27-16)10-5-6-11(13(8-10)25-2)9-21-15(24)12-4-3-7-26-12/h5-6,8,12H,1,3-4,7,9H2,2H3,(H,21,24). The monoisotopic (exact) mass is 493 g/mol. The van der Waals surface area contributed by atoms with Crippen molar-refractivity contribution in [3.05, 3.63) is 29.7 Å². The van der Waals surface area contributed by atoms with Gasteiger partial charge in [0.1, 0.15) is 11.9 Å². The average Bonchev–Trinajstić information content (AvgIpc) is 3.38. The second-order valence-corrected chi connectivity index (χ2v) is 7.92. The van der Waals surface area contributed by atoms with E-state index in [1.807, 2.05) is 0 Å². The molecule has 1 aliphatic heterocycles. The molecular formula is C17H18F2IN3O4. The molecule has 0 aliphatic carbocycles. The summed E-state index contributed by atoms with van der Waals surface area (Å²) in [5.74, 6) is -0.384. The number of hydrogen-bond donors (Lipinski definition) is 1. The van der Waals surface area contributed by atoms with Gasteiger partial charge in [0.15, 0.2) is 0 Å². The Morgan fingerprint density at radius 3 is 3.00 bits per heavy atom. The largest absolute Gasteiger partial charge is 0.496 e. The van der Waals surface area contributed by atoms with Gasteiger partial charge in [-0.25, -0.2) is 0 Å². The van der Waals surface area contributed by atoms with Crippen LogP contribution in [-0.2, 0) is 20.0 Å². The van der Waals surface area contributed by atoms with E-state index in [-0.39, 0.29) is 18.3 Å². The molecule has 1 aromatic heterocycles. The minimum atomic E-state index is -3.17. The smallest absolute Gasteiger partial charge is 0.367 e. The highest BCUT2D eigenvalue weighted by Gasteiger charge is 2.35. The Balaban J connectivity index is 1.74. The fraction of sp³-hybridized carbons (Fsp3) is 0.412. The summed E-state index contributed by atoms with van der Waals surface area (Å²) in [6.45, 7) is 0.849. The Morgan fingerprint density at radius 2 is 2.33 bits per heavy atom. The van der Waals surface area contributed by atoms with Crippen LogP contribution in [0, 0.1) is 0 Å². The van der Waals surface area contributed by atoms with Crippen molar-refractivity contribution < 1.29 is 27.6 Å². The number of carbonyl (C=O) groups excluding carboxylic acids is 1. The second kappa shape index (κ2) is 8.38. The minimum absolute atomic E-state index is 0.0374. The lowest BCUT2D eigenvalue weighted by molar-refractivity contribution is -0.130. The Labute approximate surface area is 164 Å². The van der Waals surface area contributed by atoms with Crippen LogP contribution in [0.4, 0.5) is 8.78 Å². The van der Waals surface area contributed by atoms with E-state index in [2.05, 4.69) is 24.5 Å². The van der Waals surface area contributed by atoms with E-state index in [1.54, 1.807) is 18.2 Å². The third-order valence-electron chi connectivity index (χ3n) is 4.06. The van der Waals surface area contributed by atoms with Gasteiger partial charge in [-0.2, -0.15) is 13.8 Å². The molecule has 2 aromatic rings. The highest BCUT2D eigenvalue weighted by Crippen LogP contribution is 2.38. The van der Waals surface area contributed by atoms with Crippen molar-refractivity contribution in [3.8, 4) is 17.1 Å². The second-order valence-electron chi connectivity index (χ2n) is 5.80. The Kier molecular flexibility index (Phi) is 6.15. The van der Waals surface area contributed by atoms with Crippen molar-refractivity contribution in [3.63, 3.8) is 0 Å².